The Morgan fingerprint density at radius 2 is 2.30 bits per heavy atom. The third-order valence-corrected chi connectivity index (χ3v) is 4.42. The van der Waals surface area contributed by atoms with E-state index in [9.17, 15) is 10.1 Å². The number of hydrogen-bond acceptors (Lipinski definition) is 4. The van der Waals surface area contributed by atoms with Gasteiger partial charge in [-0.3, -0.25) is 4.79 Å². The van der Waals surface area contributed by atoms with Crippen molar-refractivity contribution in [3.05, 3.63) is 23.8 Å². The Kier molecular flexibility index (Phi) is 5.62. The second-order valence-electron chi connectivity index (χ2n) is 6.11. The molecule has 0 aliphatic heterocycles. The molecule has 1 aliphatic carbocycles. The number of rotatable bonds is 5. The number of nitrogens with one attached hydrogen (secondary N) is 1. The van der Waals surface area contributed by atoms with E-state index in [0.717, 1.165) is 25.7 Å². The molecular weight excluding hydrogens is 292 g/mol. The van der Waals surface area contributed by atoms with Crippen LogP contribution in [0.25, 0.3) is 0 Å². The predicted molar refractivity (Wildman–Crippen MR) is 88.3 cm³/mol. The summed E-state index contributed by atoms with van der Waals surface area (Å²) in [5, 5.41) is 12.1. The Labute approximate surface area is 137 Å². The van der Waals surface area contributed by atoms with Crippen LogP contribution in [0.5, 0.6) is 5.75 Å². The molecule has 0 aromatic heterocycles. The average Bonchev–Trinajstić information content (AvgIpc) is 2.56. The topological polar surface area (TPSA) is 71.3 Å². The number of carbonyl (C=O) groups excluding carboxylic acids is 1. The van der Waals surface area contributed by atoms with Crippen molar-refractivity contribution in [1.82, 2.24) is 0 Å². The molecule has 0 spiro atoms. The van der Waals surface area contributed by atoms with Gasteiger partial charge in [-0.15, -0.1) is 0 Å². The number of anilines is 1. The lowest BCUT2D eigenvalue weighted by atomic mass is 9.78. The molecule has 0 heterocycles. The van der Waals surface area contributed by atoms with Crippen LogP contribution in [0.15, 0.2) is 18.2 Å². The van der Waals surface area contributed by atoms with Gasteiger partial charge < -0.3 is 14.8 Å². The van der Waals surface area contributed by atoms with Gasteiger partial charge in [-0.05, 0) is 50.3 Å². The molecule has 1 aliphatic rings. The lowest BCUT2D eigenvalue weighted by Crippen LogP contribution is -2.47. The molecule has 1 N–H and O–H groups in total. The van der Waals surface area contributed by atoms with Crippen molar-refractivity contribution >= 4 is 11.6 Å². The van der Waals surface area contributed by atoms with Gasteiger partial charge in [0.25, 0.3) is 5.91 Å². The molecule has 23 heavy (non-hydrogen) atoms. The molecule has 2 unspecified atom stereocenters. The third-order valence-electron chi connectivity index (χ3n) is 4.42. The summed E-state index contributed by atoms with van der Waals surface area (Å²) in [6, 6.07) is 7.19. The summed E-state index contributed by atoms with van der Waals surface area (Å²) in [6.07, 6.45) is 3.55. The van der Waals surface area contributed by atoms with E-state index < -0.39 is 5.60 Å². The number of ether oxygens (including phenoxy) is 2. The molecule has 0 radical (unpaired) electrons. The Morgan fingerprint density at radius 1 is 1.52 bits per heavy atom. The first-order valence-electron chi connectivity index (χ1n) is 8.08. The van der Waals surface area contributed by atoms with Gasteiger partial charge in [0.1, 0.15) is 17.4 Å². The molecule has 0 saturated heterocycles. The number of nitrogens with zero attached hydrogens (tertiary/aromatic N) is 1. The highest BCUT2D eigenvalue weighted by molar-refractivity contribution is 5.97. The highest BCUT2D eigenvalue weighted by atomic mass is 16.5. The maximum atomic E-state index is 12.7. The fraction of sp³-hybridized carbons (Fsp3) is 0.556. The molecule has 2 rings (SSSR count). The van der Waals surface area contributed by atoms with E-state index in [-0.39, 0.29) is 5.91 Å². The standard InChI is InChI=1S/C18H24N2O3/c1-4-23-16-8-7-15(10-14(16)12-19)20-17(21)18(22-3)9-5-6-13(2)11-18/h7-8,10,13H,4-6,9,11H2,1-3H3,(H,20,21). The number of benzene rings is 1. The van der Waals surface area contributed by atoms with Gasteiger partial charge in [0.15, 0.2) is 0 Å². The van der Waals surface area contributed by atoms with Crippen molar-refractivity contribution in [3.8, 4) is 11.8 Å². The molecule has 2 atom stereocenters. The first-order chi connectivity index (χ1) is 11.0. The van der Waals surface area contributed by atoms with Crippen molar-refractivity contribution in [2.45, 2.75) is 45.1 Å². The van der Waals surface area contributed by atoms with E-state index in [1.807, 2.05) is 6.92 Å². The molecule has 5 heteroatoms. The van der Waals surface area contributed by atoms with Crippen LogP contribution < -0.4 is 10.1 Å². The molecule has 1 aromatic rings. The first kappa shape index (κ1) is 17.3. The van der Waals surface area contributed by atoms with Crippen molar-refractivity contribution in [2.24, 2.45) is 5.92 Å². The highest BCUT2D eigenvalue weighted by Gasteiger charge is 2.42. The largest absolute Gasteiger partial charge is 0.492 e. The lowest BCUT2D eigenvalue weighted by Gasteiger charge is -2.37. The summed E-state index contributed by atoms with van der Waals surface area (Å²) in [7, 11) is 1.59. The Hall–Kier alpha value is -2.06. The summed E-state index contributed by atoms with van der Waals surface area (Å²) in [6.45, 7) is 4.50. The van der Waals surface area contributed by atoms with Gasteiger partial charge in [-0.2, -0.15) is 5.26 Å². The molecule has 124 valence electrons. The Bertz CT molecular complexity index is 609. The second-order valence-corrected chi connectivity index (χ2v) is 6.11. The average molecular weight is 316 g/mol. The zero-order valence-electron chi connectivity index (χ0n) is 14.0. The van der Waals surface area contributed by atoms with Crippen molar-refractivity contribution in [3.63, 3.8) is 0 Å². The van der Waals surface area contributed by atoms with Crippen LogP contribution >= 0.6 is 0 Å². The summed E-state index contributed by atoms with van der Waals surface area (Å²) >= 11 is 0. The number of carbonyl (C=O) groups is 1. The third kappa shape index (κ3) is 3.83. The minimum absolute atomic E-state index is 0.139. The van der Waals surface area contributed by atoms with Gasteiger partial charge in [-0.1, -0.05) is 13.3 Å². The highest BCUT2D eigenvalue weighted by Crippen LogP contribution is 2.36. The number of hydrogen-bond donors (Lipinski definition) is 1. The molecular formula is C18H24N2O3. The monoisotopic (exact) mass is 316 g/mol. The molecule has 1 fully saturated rings. The van der Waals surface area contributed by atoms with Crippen molar-refractivity contribution in [1.29, 1.82) is 5.26 Å². The quantitative estimate of drug-likeness (QED) is 0.902. The van der Waals surface area contributed by atoms with Gasteiger partial charge in [0, 0.05) is 12.8 Å². The molecule has 0 bridgehead atoms. The Balaban J connectivity index is 2.17. The summed E-state index contributed by atoms with van der Waals surface area (Å²) in [5.41, 5.74) is 0.223. The first-order valence-corrected chi connectivity index (χ1v) is 8.08. The van der Waals surface area contributed by atoms with Crippen LogP contribution in [0.4, 0.5) is 5.69 Å². The fourth-order valence-electron chi connectivity index (χ4n) is 3.21. The van der Waals surface area contributed by atoms with Crippen molar-refractivity contribution in [2.75, 3.05) is 19.0 Å². The van der Waals surface area contributed by atoms with E-state index >= 15 is 0 Å². The van der Waals surface area contributed by atoms with Crippen LogP contribution in [0.3, 0.4) is 0 Å². The number of amides is 1. The Morgan fingerprint density at radius 3 is 2.91 bits per heavy atom. The van der Waals surface area contributed by atoms with E-state index in [2.05, 4.69) is 18.3 Å². The summed E-state index contributed by atoms with van der Waals surface area (Å²) in [5.74, 6) is 0.852. The zero-order chi connectivity index (χ0) is 16.9. The van der Waals surface area contributed by atoms with E-state index in [1.165, 1.54) is 0 Å². The van der Waals surface area contributed by atoms with Gasteiger partial charge in [-0.25, -0.2) is 0 Å². The molecule has 1 amide bonds. The SMILES string of the molecule is CCOc1ccc(NC(=O)C2(OC)CCCC(C)C2)cc1C#N. The van der Waals surface area contributed by atoms with Crippen LogP contribution in [0.1, 0.15) is 45.1 Å². The number of nitriles is 1. The normalized spacial score (nSPS) is 23.8. The van der Waals surface area contributed by atoms with E-state index in [0.29, 0.717) is 29.5 Å². The minimum Gasteiger partial charge on any atom is -0.492 e. The second kappa shape index (κ2) is 7.47. The van der Waals surface area contributed by atoms with Gasteiger partial charge in [0.05, 0.1) is 12.2 Å². The maximum Gasteiger partial charge on any atom is 0.256 e. The van der Waals surface area contributed by atoms with Crippen LogP contribution in [0, 0.1) is 17.2 Å². The van der Waals surface area contributed by atoms with Gasteiger partial charge >= 0.3 is 0 Å². The van der Waals surface area contributed by atoms with Crippen molar-refractivity contribution < 1.29 is 14.3 Å². The van der Waals surface area contributed by atoms with Gasteiger partial charge in [0.2, 0.25) is 0 Å². The van der Waals surface area contributed by atoms with Crippen LogP contribution in [-0.4, -0.2) is 25.2 Å². The van der Waals surface area contributed by atoms with E-state index in [4.69, 9.17) is 9.47 Å². The van der Waals surface area contributed by atoms with Crippen LogP contribution in [-0.2, 0) is 9.53 Å². The molecule has 5 nitrogen and oxygen atoms in total. The summed E-state index contributed by atoms with van der Waals surface area (Å²) in [4.78, 5) is 12.7. The maximum absolute atomic E-state index is 12.7. The fourth-order valence-corrected chi connectivity index (χ4v) is 3.21. The smallest absolute Gasteiger partial charge is 0.256 e. The number of methoxy groups -OCH3 is 1. The predicted octanol–water partition coefficient (Wildman–Crippen LogP) is 3.49. The lowest BCUT2D eigenvalue weighted by molar-refractivity contribution is -0.143. The van der Waals surface area contributed by atoms with Crippen LogP contribution in [0.2, 0.25) is 0 Å². The molecule has 1 aromatic carbocycles. The molecule has 1 saturated carbocycles. The minimum atomic E-state index is -0.775. The summed E-state index contributed by atoms with van der Waals surface area (Å²) < 4.78 is 11.0. The van der Waals surface area contributed by atoms with E-state index in [1.54, 1.807) is 25.3 Å². The zero-order valence-corrected chi connectivity index (χ0v) is 14.0.